The molecule has 25 heavy (non-hydrogen) atoms. The molecule has 3 aromatic rings. The van der Waals surface area contributed by atoms with Crippen LogP contribution in [0, 0.1) is 0 Å². The monoisotopic (exact) mass is 337 g/mol. The Hall–Kier alpha value is -3.22. The molecule has 1 aromatic heterocycles. The van der Waals surface area contributed by atoms with Crippen molar-refractivity contribution in [1.29, 1.82) is 0 Å². The van der Waals surface area contributed by atoms with Gasteiger partial charge in [-0.05, 0) is 53.2 Å². The number of hydrogen-bond acceptors (Lipinski definition) is 5. The van der Waals surface area contributed by atoms with E-state index in [0.717, 1.165) is 18.5 Å². The second-order valence-corrected chi connectivity index (χ2v) is 5.45. The number of nitrogens with one attached hydrogen (secondary N) is 1. The van der Waals surface area contributed by atoms with Gasteiger partial charge in [-0.2, -0.15) is 0 Å². The molecule has 1 N–H and O–H groups in total. The number of ether oxygens (including phenoxy) is 1. The molecule has 1 heterocycles. The van der Waals surface area contributed by atoms with Gasteiger partial charge < -0.3 is 10.1 Å². The van der Waals surface area contributed by atoms with E-state index in [4.69, 9.17) is 4.74 Å². The first kappa shape index (κ1) is 16.6. The SMILES string of the molecule is CCCCOc1ccccc1C(=O)Nc1ccc(-n2cnnn2)cc1. The summed E-state index contributed by atoms with van der Waals surface area (Å²) in [5.74, 6) is 0.390. The second-order valence-electron chi connectivity index (χ2n) is 5.45. The Kier molecular flexibility index (Phi) is 5.36. The number of benzene rings is 2. The molecule has 0 radical (unpaired) electrons. The van der Waals surface area contributed by atoms with Crippen molar-refractivity contribution in [2.45, 2.75) is 19.8 Å². The third kappa shape index (κ3) is 4.20. The number of nitrogens with zero attached hydrogens (tertiary/aromatic N) is 4. The molecule has 2 aromatic carbocycles. The molecule has 0 aliphatic heterocycles. The molecule has 0 bridgehead atoms. The fourth-order valence-corrected chi connectivity index (χ4v) is 2.28. The van der Waals surface area contributed by atoms with E-state index < -0.39 is 0 Å². The minimum Gasteiger partial charge on any atom is -0.493 e. The van der Waals surface area contributed by atoms with Crippen molar-refractivity contribution >= 4 is 11.6 Å². The van der Waals surface area contributed by atoms with Gasteiger partial charge in [0.15, 0.2) is 0 Å². The zero-order valence-electron chi connectivity index (χ0n) is 13.9. The van der Waals surface area contributed by atoms with Crippen LogP contribution in [0.2, 0.25) is 0 Å². The maximum Gasteiger partial charge on any atom is 0.259 e. The number of unbranched alkanes of at least 4 members (excludes halogenated alkanes) is 1. The van der Waals surface area contributed by atoms with E-state index >= 15 is 0 Å². The summed E-state index contributed by atoms with van der Waals surface area (Å²) in [5.41, 5.74) is 2.01. The van der Waals surface area contributed by atoms with Gasteiger partial charge in [0.1, 0.15) is 12.1 Å². The first-order chi connectivity index (χ1) is 12.3. The number of amides is 1. The number of carbonyl (C=O) groups is 1. The lowest BCUT2D eigenvalue weighted by atomic mass is 10.1. The molecule has 0 saturated carbocycles. The minimum absolute atomic E-state index is 0.206. The van der Waals surface area contributed by atoms with E-state index in [0.29, 0.717) is 23.6 Å². The highest BCUT2D eigenvalue weighted by molar-refractivity contribution is 6.06. The summed E-state index contributed by atoms with van der Waals surface area (Å²) in [7, 11) is 0. The Morgan fingerprint density at radius 1 is 1.16 bits per heavy atom. The third-order valence-electron chi connectivity index (χ3n) is 3.63. The molecule has 7 heteroatoms. The van der Waals surface area contributed by atoms with Crippen LogP contribution in [0.3, 0.4) is 0 Å². The van der Waals surface area contributed by atoms with E-state index in [9.17, 15) is 4.79 Å². The first-order valence-electron chi connectivity index (χ1n) is 8.14. The summed E-state index contributed by atoms with van der Waals surface area (Å²) in [6, 6.07) is 14.5. The molecule has 0 fully saturated rings. The highest BCUT2D eigenvalue weighted by Gasteiger charge is 2.12. The van der Waals surface area contributed by atoms with E-state index in [1.54, 1.807) is 22.9 Å². The van der Waals surface area contributed by atoms with Crippen LogP contribution in [-0.4, -0.2) is 32.7 Å². The summed E-state index contributed by atoms with van der Waals surface area (Å²) in [5, 5.41) is 13.9. The highest BCUT2D eigenvalue weighted by atomic mass is 16.5. The summed E-state index contributed by atoms with van der Waals surface area (Å²) < 4.78 is 7.26. The van der Waals surface area contributed by atoms with Gasteiger partial charge in [-0.15, -0.1) is 5.10 Å². The lowest BCUT2D eigenvalue weighted by molar-refractivity contribution is 0.102. The lowest BCUT2D eigenvalue weighted by Crippen LogP contribution is -2.14. The molecule has 0 aliphatic rings. The maximum atomic E-state index is 12.6. The Balaban J connectivity index is 1.70. The van der Waals surface area contributed by atoms with Gasteiger partial charge in [0, 0.05) is 5.69 Å². The van der Waals surface area contributed by atoms with Gasteiger partial charge in [-0.25, -0.2) is 4.68 Å². The summed E-state index contributed by atoms with van der Waals surface area (Å²) in [6.45, 7) is 2.70. The topological polar surface area (TPSA) is 81.9 Å². The molecular weight excluding hydrogens is 318 g/mol. The zero-order valence-corrected chi connectivity index (χ0v) is 13.9. The summed E-state index contributed by atoms with van der Waals surface area (Å²) >= 11 is 0. The van der Waals surface area contributed by atoms with Crippen LogP contribution < -0.4 is 10.1 Å². The average Bonchev–Trinajstić information content (AvgIpc) is 3.18. The lowest BCUT2D eigenvalue weighted by Gasteiger charge is -2.11. The van der Waals surface area contributed by atoms with Crippen LogP contribution in [0.15, 0.2) is 54.9 Å². The number of rotatable bonds is 7. The standard InChI is InChI=1S/C18H19N5O2/c1-2-3-12-25-17-7-5-4-6-16(17)18(24)20-14-8-10-15(11-9-14)23-13-19-21-22-23/h4-11,13H,2-3,12H2,1H3,(H,20,24). The number of hydrogen-bond donors (Lipinski definition) is 1. The summed E-state index contributed by atoms with van der Waals surface area (Å²) in [6.07, 6.45) is 3.51. The molecule has 1 amide bonds. The predicted molar refractivity (Wildman–Crippen MR) is 94.0 cm³/mol. The molecule has 0 spiro atoms. The fraction of sp³-hybridized carbons (Fsp3) is 0.222. The Morgan fingerprint density at radius 2 is 1.96 bits per heavy atom. The van der Waals surface area contributed by atoms with Crippen LogP contribution in [0.5, 0.6) is 5.75 Å². The van der Waals surface area contributed by atoms with Crippen molar-refractivity contribution in [1.82, 2.24) is 20.2 Å². The van der Waals surface area contributed by atoms with Crippen molar-refractivity contribution in [3.05, 3.63) is 60.4 Å². The van der Waals surface area contributed by atoms with Crippen molar-refractivity contribution in [3.8, 4) is 11.4 Å². The molecule has 0 atom stereocenters. The fourth-order valence-electron chi connectivity index (χ4n) is 2.28. The van der Waals surface area contributed by atoms with Gasteiger partial charge in [0.25, 0.3) is 5.91 Å². The van der Waals surface area contributed by atoms with E-state index in [2.05, 4.69) is 27.8 Å². The number of anilines is 1. The van der Waals surface area contributed by atoms with Gasteiger partial charge in [0.2, 0.25) is 0 Å². The van der Waals surface area contributed by atoms with Gasteiger partial charge in [0.05, 0.1) is 17.9 Å². The largest absolute Gasteiger partial charge is 0.493 e. The van der Waals surface area contributed by atoms with Crippen molar-refractivity contribution in [3.63, 3.8) is 0 Å². The van der Waals surface area contributed by atoms with Crippen LogP contribution in [0.1, 0.15) is 30.1 Å². The van der Waals surface area contributed by atoms with Crippen LogP contribution in [0.25, 0.3) is 5.69 Å². The van der Waals surface area contributed by atoms with Crippen LogP contribution in [-0.2, 0) is 0 Å². The minimum atomic E-state index is -0.206. The predicted octanol–water partition coefficient (Wildman–Crippen LogP) is 3.09. The number of aromatic nitrogens is 4. The van der Waals surface area contributed by atoms with Crippen molar-refractivity contribution < 1.29 is 9.53 Å². The average molecular weight is 337 g/mol. The zero-order chi connectivity index (χ0) is 17.5. The molecule has 0 aliphatic carbocycles. The molecule has 7 nitrogen and oxygen atoms in total. The number of carbonyl (C=O) groups excluding carboxylic acids is 1. The number of tetrazole rings is 1. The molecule has 0 saturated heterocycles. The highest BCUT2D eigenvalue weighted by Crippen LogP contribution is 2.20. The van der Waals surface area contributed by atoms with Gasteiger partial charge in [-0.3, -0.25) is 4.79 Å². The molecule has 3 rings (SSSR count). The molecule has 0 unspecified atom stereocenters. The maximum absolute atomic E-state index is 12.6. The number of para-hydroxylation sites is 1. The second kappa shape index (κ2) is 8.05. The quantitative estimate of drug-likeness (QED) is 0.670. The Labute approximate surface area is 145 Å². The normalized spacial score (nSPS) is 10.4. The molecular formula is C18H19N5O2. The third-order valence-corrected chi connectivity index (χ3v) is 3.63. The van der Waals surface area contributed by atoms with E-state index in [1.807, 2.05) is 30.3 Å². The van der Waals surface area contributed by atoms with Crippen molar-refractivity contribution in [2.75, 3.05) is 11.9 Å². The first-order valence-corrected chi connectivity index (χ1v) is 8.14. The van der Waals surface area contributed by atoms with Crippen LogP contribution >= 0.6 is 0 Å². The Bertz CT molecular complexity index is 816. The van der Waals surface area contributed by atoms with Crippen LogP contribution in [0.4, 0.5) is 5.69 Å². The van der Waals surface area contributed by atoms with Gasteiger partial charge >= 0.3 is 0 Å². The van der Waals surface area contributed by atoms with Gasteiger partial charge in [-0.1, -0.05) is 25.5 Å². The van der Waals surface area contributed by atoms with E-state index in [1.165, 1.54) is 6.33 Å². The summed E-state index contributed by atoms with van der Waals surface area (Å²) in [4.78, 5) is 12.6. The van der Waals surface area contributed by atoms with E-state index in [-0.39, 0.29) is 5.91 Å². The smallest absolute Gasteiger partial charge is 0.259 e. The Morgan fingerprint density at radius 3 is 2.68 bits per heavy atom. The molecule has 128 valence electrons. The van der Waals surface area contributed by atoms with Crippen molar-refractivity contribution in [2.24, 2.45) is 0 Å².